The SMILES string of the molecule is CN1CCC[C@@H](NC[C@@H]2CNc3ccnn3C2)C1. The maximum atomic E-state index is 4.33. The first-order valence-corrected chi connectivity index (χ1v) is 6.99. The zero-order chi connectivity index (χ0) is 12.4. The predicted octanol–water partition coefficient (Wildman–Crippen LogP) is 0.609. The Morgan fingerprint density at radius 2 is 2.44 bits per heavy atom. The van der Waals surface area contributed by atoms with E-state index in [4.69, 9.17) is 0 Å². The molecule has 1 aromatic rings. The van der Waals surface area contributed by atoms with Crippen molar-refractivity contribution in [2.24, 2.45) is 5.92 Å². The molecule has 5 nitrogen and oxygen atoms in total. The lowest BCUT2D eigenvalue weighted by Gasteiger charge is -2.32. The molecular weight excluding hydrogens is 226 g/mol. The summed E-state index contributed by atoms with van der Waals surface area (Å²) in [4.78, 5) is 2.42. The summed E-state index contributed by atoms with van der Waals surface area (Å²) in [5.74, 6) is 1.80. The van der Waals surface area contributed by atoms with E-state index in [1.165, 1.54) is 25.9 Å². The number of hydrogen-bond acceptors (Lipinski definition) is 4. The fourth-order valence-corrected chi connectivity index (χ4v) is 2.99. The Hall–Kier alpha value is -1.07. The van der Waals surface area contributed by atoms with Crippen molar-refractivity contribution in [1.82, 2.24) is 20.0 Å². The van der Waals surface area contributed by atoms with Gasteiger partial charge in [0.2, 0.25) is 0 Å². The van der Waals surface area contributed by atoms with Crippen LogP contribution in [0.2, 0.25) is 0 Å². The molecule has 0 radical (unpaired) electrons. The topological polar surface area (TPSA) is 45.1 Å². The molecule has 0 bridgehead atoms. The Labute approximate surface area is 109 Å². The van der Waals surface area contributed by atoms with E-state index < -0.39 is 0 Å². The molecule has 2 atom stereocenters. The van der Waals surface area contributed by atoms with Crippen LogP contribution in [0.4, 0.5) is 5.82 Å². The van der Waals surface area contributed by atoms with E-state index in [-0.39, 0.29) is 0 Å². The smallest absolute Gasteiger partial charge is 0.124 e. The highest BCUT2D eigenvalue weighted by Gasteiger charge is 2.21. The average Bonchev–Trinajstić information content (AvgIpc) is 2.84. The van der Waals surface area contributed by atoms with Crippen LogP contribution < -0.4 is 10.6 Å². The van der Waals surface area contributed by atoms with E-state index in [1.807, 2.05) is 12.3 Å². The third-order valence-corrected chi connectivity index (χ3v) is 4.04. The lowest BCUT2D eigenvalue weighted by molar-refractivity contribution is 0.219. The quantitative estimate of drug-likeness (QED) is 0.824. The minimum absolute atomic E-state index is 0.643. The molecule has 1 fully saturated rings. The number of likely N-dealkylation sites (N-methyl/N-ethyl adjacent to an activating group) is 1. The molecule has 0 aromatic carbocycles. The Balaban J connectivity index is 1.47. The number of fused-ring (bicyclic) bond motifs is 1. The van der Waals surface area contributed by atoms with Crippen LogP contribution in [0.25, 0.3) is 0 Å². The van der Waals surface area contributed by atoms with Crippen LogP contribution in [-0.2, 0) is 6.54 Å². The molecule has 0 aliphatic carbocycles. The summed E-state index contributed by atoms with van der Waals surface area (Å²) in [5, 5.41) is 11.5. The van der Waals surface area contributed by atoms with Crippen LogP contribution in [-0.4, -0.2) is 53.9 Å². The van der Waals surface area contributed by atoms with Gasteiger partial charge in [-0.2, -0.15) is 5.10 Å². The molecule has 18 heavy (non-hydrogen) atoms. The van der Waals surface area contributed by atoms with Gasteiger partial charge in [-0.15, -0.1) is 0 Å². The molecule has 0 spiro atoms. The summed E-state index contributed by atoms with van der Waals surface area (Å²) in [6, 6.07) is 2.71. The van der Waals surface area contributed by atoms with Crippen molar-refractivity contribution in [1.29, 1.82) is 0 Å². The second kappa shape index (κ2) is 5.28. The molecule has 2 aliphatic rings. The second-order valence-corrected chi connectivity index (χ2v) is 5.66. The molecule has 2 aliphatic heterocycles. The van der Waals surface area contributed by atoms with E-state index >= 15 is 0 Å². The van der Waals surface area contributed by atoms with Gasteiger partial charge in [0, 0.05) is 44.2 Å². The van der Waals surface area contributed by atoms with E-state index in [9.17, 15) is 0 Å². The molecule has 100 valence electrons. The molecule has 1 saturated heterocycles. The van der Waals surface area contributed by atoms with Crippen molar-refractivity contribution >= 4 is 5.82 Å². The number of piperidine rings is 1. The molecule has 0 saturated carbocycles. The number of hydrogen-bond donors (Lipinski definition) is 2. The maximum Gasteiger partial charge on any atom is 0.124 e. The number of aromatic nitrogens is 2. The zero-order valence-electron chi connectivity index (χ0n) is 11.1. The number of nitrogens with zero attached hydrogens (tertiary/aromatic N) is 3. The Morgan fingerprint density at radius 3 is 3.33 bits per heavy atom. The van der Waals surface area contributed by atoms with Gasteiger partial charge in [0.1, 0.15) is 5.82 Å². The highest BCUT2D eigenvalue weighted by atomic mass is 15.3. The standard InChI is InChI=1S/C13H23N5/c1-17-6-2-3-12(10-17)14-7-11-8-15-13-4-5-16-18(13)9-11/h4-5,11-12,14-15H,2-3,6-10H2,1H3/t11-,12-/m1/s1. The Kier molecular flexibility index (Phi) is 3.52. The molecular formula is C13H23N5. The van der Waals surface area contributed by atoms with E-state index in [2.05, 4.69) is 32.4 Å². The van der Waals surface area contributed by atoms with Crippen molar-refractivity contribution < 1.29 is 0 Å². The van der Waals surface area contributed by atoms with Crippen LogP contribution in [0.1, 0.15) is 12.8 Å². The van der Waals surface area contributed by atoms with Gasteiger partial charge in [0.05, 0.1) is 6.20 Å². The fraction of sp³-hybridized carbons (Fsp3) is 0.769. The summed E-state index contributed by atoms with van der Waals surface area (Å²) in [6.45, 7) is 5.62. The van der Waals surface area contributed by atoms with E-state index in [1.54, 1.807) is 0 Å². The number of nitrogens with one attached hydrogen (secondary N) is 2. The van der Waals surface area contributed by atoms with Gasteiger partial charge in [0.25, 0.3) is 0 Å². The van der Waals surface area contributed by atoms with Gasteiger partial charge in [-0.05, 0) is 26.4 Å². The predicted molar refractivity (Wildman–Crippen MR) is 72.7 cm³/mol. The highest BCUT2D eigenvalue weighted by Crippen LogP contribution is 2.16. The van der Waals surface area contributed by atoms with E-state index in [0.717, 1.165) is 25.5 Å². The van der Waals surface area contributed by atoms with Crippen LogP contribution in [0.5, 0.6) is 0 Å². The average molecular weight is 249 g/mol. The van der Waals surface area contributed by atoms with Gasteiger partial charge in [0.15, 0.2) is 0 Å². The minimum atomic E-state index is 0.643. The first kappa shape index (κ1) is 12.0. The third kappa shape index (κ3) is 2.67. The van der Waals surface area contributed by atoms with Crippen LogP contribution in [0.3, 0.4) is 0 Å². The Bertz CT molecular complexity index is 388. The van der Waals surface area contributed by atoms with Gasteiger partial charge in [-0.1, -0.05) is 0 Å². The first-order chi connectivity index (χ1) is 8.81. The van der Waals surface area contributed by atoms with Crippen molar-refractivity contribution in [3.63, 3.8) is 0 Å². The molecule has 2 N–H and O–H groups in total. The summed E-state index contributed by atoms with van der Waals surface area (Å²) in [7, 11) is 2.21. The number of rotatable bonds is 3. The van der Waals surface area contributed by atoms with Gasteiger partial charge >= 0.3 is 0 Å². The van der Waals surface area contributed by atoms with Gasteiger partial charge < -0.3 is 15.5 Å². The molecule has 3 heterocycles. The fourth-order valence-electron chi connectivity index (χ4n) is 2.99. The van der Waals surface area contributed by atoms with E-state index in [0.29, 0.717) is 12.0 Å². The zero-order valence-corrected chi connectivity index (χ0v) is 11.1. The van der Waals surface area contributed by atoms with Crippen LogP contribution >= 0.6 is 0 Å². The van der Waals surface area contributed by atoms with Crippen LogP contribution in [0.15, 0.2) is 12.3 Å². The summed E-state index contributed by atoms with van der Waals surface area (Å²) in [6.07, 6.45) is 4.51. The summed E-state index contributed by atoms with van der Waals surface area (Å²) >= 11 is 0. The van der Waals surface area contributed by atoms with Crippen molar-refractivity contribution in [2.45, 2.75) is 25.4 Å². The monoisotopic (exact) mass is 249 g/mol. The third-order valence-electron chi connectivity index (χ3n) is 4.04. The van der Waals surface area contributed by atoms with Crippen LogP contribution in [0, 0.1) is 5.92 Å². The lowest BCUT2D eigenvalue weighted by atomic mass is 10.0. The first-order valence-electron chi connectivity index (χ1n) is 6.99. The highest BCUT2D eigenvalue weighted by molar-refractivity contribution is 5.35. The number of anilines is 1. The molecule has 3 rings (SSSR count). The Morgan fingerprint density at radius 1 is 1.50 bits per heavy atom. The largest absolute Gasteiger partial charge is 0.370 e. The van der Waals surface area contributed by atoms with Gasteiger partial charge in [-0.3, -0.25) is 0 Å². The number of likely N-dealkylation sites (tertiary alicyclic amines) is 1. The minimum Gasteiger partial charge on any atom is -0.370 e. The summed E-state index contributed by atoms with van der Waals surface area (Å²) < 4.78 is 2.07. The molecule has 0 unspecified atom stereocenters. The van der Waals surface area contributed by atoms with Gasteiger partial charge in [-0.25, -0.2) is 4.68 Å². The molecule has 1 aromatic heterocycles. The summed E-state index contributed by atoms with van der Waals surface area (Å²) in [5.41, 5.74) is 0. The van der Waals surface area contributed by atoms with Crippen molar-refractivity contribution in [3.8, 4) is 0 Å². The second-order valence-electron chi connectivity index (χ2n) is 5.66. The lowest BCUT2D eigenvalue weighted by Crippen LogP contribution is -2.47. The molecule has 0 amide bonds. The maximum absolute atomic E-state index is 4.33. The normalized spacial score (nSPS) is 28.7. The van der Waals surface area contributed by atoms with Crippen molar-refractivity contribution in [3.05, 3.63) is 12.3 Å². The molecule has 5 heteroatoms. The van der Waals surface area contributed by atoms with Crippen molar-refractivity contribution in [2.75, 3.05) is 38.5 Å².